The number of cyclic esters (lactones) is 1. The predicted molar refractivity (Wildman–Crippen MR) is 43.8 cm³/mol. The molecule has 0 saturated carbocycles. The van der Waals surface area contributed by atoms with Crippen molar-refractivity contribution in [2.45, 2.75) is 13.0 Å². The summed E-state index contributed by atoms with van der Waals surface area (Å²) in [5.74, 6) is 0. The van der Waals surface area contributed by atoms with Gasteiger partial charge in [0.2, 0.25) is 0 Å². The molecule has 0 aromatic heterocycles. The molecule has 5 heteroatoms. The summed E-state index contributed by atoms with van der Waals surface area (Å²) in [4.78, 5) is 12.5. The van der Waals surface area contributed by atoms with Crippen LogP contribution in [0.4, 0.5) is 4.79 Å². The Kier molecular flexibility index (Phi) is 4.22. The molecule has 0 aromatic rings. The summed E-state index contributed by atoms with van der Waals surface area (Å²) < 4.78 is 4.88. The van der Waals surface area contributed by atoms with E-state index in [2.05, 4.69) is 0 Å². The summed E-state index contributed by atoms with van der Waals surface area (Å²) in [7, 11) is 0. The highest BCUT2D eigenvalue weighted by Gasteiger charge is 2.28. The molecule has 1 heterocycles. The number of hydrogen-bond donors (Lipinski definition) is 1. The lowest BCUT2D eigenvalue weighted by atomic mass is 10.3. The van der Waals surface area contributed by atoms with Crippen molar-refractivity contribution in [3.63, 3.8) is 0 Å². The van der Waals surface area contributed by atoms with E-state index in [4.69, 9.17) is 10.5 Å². The maximum atomic E-state index is 10.8. The highest BCUT2D eigenvalue weighted by Crippen LogP contribution is 2.08. The molecule has 1 amide bonds. The van der Waals surface area contributed by atoms with Crippen LogP contribution in [0.2, 0.25) is 0 Å². The van der Waals surface area contributed by atoms with Gasteiger partial charge in [-0.1, -0.05) is 0 Å². The fraction of sp³-hybridized carbons (Fsp3) is 0.833. The lowest BCUT2D eigenvalue weighted by Crippen LogP contribution is -2.27. The van der Waals surface area contributed by atoms with Crippen molar-refractivity contribution in [2.24, 2.45) is 5.73 Å². The first-order chi connectivity index (χ1) is 4.77. The quantitative estimate of drug-likeness (QED) is 0.661. The second-order valence-corrected chi connectivity index (χ2v) is 2.28. The zero-order valence-electron chi connectivity index (χ0n) is 6.45. The third-order valence-electron chi connectivity index (χ3n) is 1.59. The molecule has 4 nitrogen and oxygen atoms in total. The number of halogens is 1. The molecule has 0 aromatic carbocycles. The van der Waals surface area contributed by atoms with E-state index in [1.165, 1.54) is 0 Å². The number of rotatable bonds is 2. The smallest absolute Gasteiger partial charge is 0.410 e. The molecule has 1 fully saturated rings. The van der Waals surface area contributed by atoms with Crippen LogP contribution in [-0.2, 0) is 4.74 Å². The number of ether oxygens (including phenoxy) is 1. The minimum absolute atomic E-state index is 0. The summed E-state index contributed by atoms with van der Waals surface area (Å²) in [5.41, 5.74) is 5.31. The molecule has 0 radical (unpaired) electrons. The van der Waals surface area contributed by atoms with E-state index in [9.17, 15) is 4.79 Å². The molecule has 0 spiro atoms. The van der Waals surface area contributed by atoms with Gasteiger partial charge in [-0.25, -0.2) is 4.79 Å². The molecule has 66 valence electrons. The van der Waals surface area contributed by atoms with Gasteiger partial charge in [-0.3, -0.25) is 0 Å². The number of likely N-dealkylation sites (N-methyl/N-ethyl adjacent to an activating group) is 1. The Balaban J connectivity index is 0.000001000. The standard InChI is InChI=1S/C6H12N2O2.ClH/c1-2-8-4-5(3-7)10-6(8)9;/h5H,2-4,7H2,1H3;1H. The van der Waals surface area contributed by atoms with Gasteiger partial charge in [0.05, 0.1) is 6.54 Å². The molecule has 1 aliphatic rings. The minimum atomic E-state index is -0.238. The van der Waals surface area contributed by atoms with Crippen LogP contribution in [0.3, 0.4) is 0 Å². The normalized spacial score (nSPS) is 22.9. The first kappa shape index (κ1) is 10.5. The molecule has 1 atom stereocenters. The van der Waals surface area contributed by atoms with Gasteiger partial charge in [-0.2, -0.15) is 0 Å². The summed E-state index contributed by atoms with van der Waals surface area (Å²) in [6, 6.07) is 0. The first-order valence-corrected chi connectivity index (χ1v) is 3.43. The van der Waals surface area contributed by atoms with Crippen molar-refractivity contribution >= 4 is 18.5 Å². The van der Waals surface area contributed by atoms with Crippen LogP contribution < -0.4 is 5.73 Å². The van der Waals surface area contributed by atoms with Crippen LogP contribution in [0.1, 0.15) is 6.92 Å². The molecule has 1 rings (SSSR count). The van der Waals surface area contributed by atoms with Crippen LogP contribution in [0.25, 0.3) is 0 Å². The average Bonchev–Trinajstić information content (AvgIpc) is 2.30. The van der Waals surface area contributed by atoms with Crippen LogP contribution in [-0.4, -0.2) is 36.7 Å². The van der Waals surface area contributed by atoms with E-state index in [1.54, 1.807) is 4.90 Å². The molecular formula is C6H13ClN2O2. The maximum Gasteiger partial charge on any atom is 0.410 e. The highest BCUT2D eigenvalue weighted by molar-refractivity contribution is 5.85. The van der Waals surface area contributed by atoms with Crippen molar-refractivity contribution in [1.29, 1.82) is 0 Å². The topological polar surface area (TPSA) is 55.6 Å². The second kappa shape index (κ2) is 4.41. The minimum Gasteiger partial charge on any atom is -0.443 e. The van der Waals surface area contributed by atoms with Crippen LogP contribution >= 0.6 is 12.4 Å². The zero-order valence-corrected chi connectivity index (χ0v) is 7.26. The SMILES string of the molecule is CCN1CC(CN)OC1=O.Cl. The molecule has 1 aliphatic heterocycles. The summed E-state index contributed by atoms with van der Waals surface area (Å²) >= 11 is 0. The number of amides is 1. The van der Waals surface area contributed by atoms with Gasteiger partial charge in [-0.05, 0) is 6.92 Å². The third kappa shape index (κ3) is 2.24. The van der Waals surface area contributed by atoms with E-state index in [0.29, 0.717) is 19.6 Å². The summed E-state index contributed by atoms with van der Waals surface area (Å²) in [6.07, 6.45) is -0.328. The van der Waals surface area contributed by atoms with Crippen molar-refractivity contribution < 1.29 is 9.53 Å². The Morgan fingerprint density at radius 3 is 2.73 bits per heavy atom. The third-order valence-corrected chi connectivity index (χ3v) is 1.59. The summed E-state index contributed by atoms with van der Waals surface area (Å²) in [5, 5.41) is 0. The van der Waals surface area contributed by atoms with Crippen molar-refractivity contribution in [3.05, 3.63) is 0 Å². The molecule has 1 unspecified atom stereocenters. The highest BCUT2D eigenvalue weighted by atomic mass is 35.5. The van der Waals surface area contributed by atoms with E-state index in [1.807, 2.05) is 6.92 Å². The van der Waals surface area contributed by atoms with Gasteiger partial charge in [0, 0.05) is 13.1 Å². The molecule has 1 saturated heterocycles. The Morgan fingerprint density at radius 2 is 2.45 bits per heavy atom. The monoisotopic (exact) mass is 180 g/mol. The number of carbonyl (C=O) groups is 1. The Bertz CT molecular complexity index is 143. The van der Waals surface area contributed by atoms with E-state index < -0.39 is 0 Å². The number of carbonyl (C=O) groups excluding carboxylic acids is 1. The van der Waals surface area contributed by atoms with Gasteiger partial charge in [0.15, 0.2) is 0 Å². The molecule has 0 bridgehead atoms. The Labute approximate surface area is 72.1 Å². The Hall–Kier alpha value is -0.480. The lowest BCUT2D eigenvalue weighted by molar-refractivity contribution is 0.135. The number of hydrogen-bond acceptors (Lipinski definition) is 3. The fourth-order valence-electron chi connectivity index (χ4n) is 0.956. The number of nitrogens with zero attached hydrogens (tertiary/aromatic N) is 1. The molecule has 0 aliphatic carbocycles. The van der Waals surface area contributed by atoms with Crippen molar-refractivity contribution in [1.82, 2.24) is 4.90 Å². The van der Waals surface area contributed by atoms with Crippen LogP contribution in [0.15, 0.2) is 0 Å². The largest absolute Gasteiger partial charge is 0.443 e. The maximum absolute atomic E-state index is 10.8. The van der Waals surface area contributed by atoms with Gasteiger partial charge >= 0.3 is 6.09 Å². The van der Waals surface area contributed by atoms with Crippen LogP contribution in [0, 0.1) is 0 Å². The van der Waals surface area contributed by atoms with Gasteiger partial charge in [0.25, 0.3) is 0 Å². The van der Waals surface area contributed by atoms with Crippen molar-refractivity contribution in [2.75, 3.05) is 19.6 Å². The number of nitrogens with two attached hydrogens (primary N) is 1. The molecule has 2 N–H and O–H groups in total. The van der Waals surface area contributed by atoms with E-state index in [-0.39, 0.29) is 24.6 Å². The van der Waals surface area contributed by atoms with Crippen molar-refractivity contribution in [3.8, 4) is 0 Å². The molecular weight excluding hydrogens is 168 g/mol. The van der Waals surface area contributed by atoms with E-state index >= 15 is 0 Å². The van der Waals surface area contributed by atoms with Gasteiger partial charge in [0.1, 0.15) is 6.10 Å². The zero-order chi connectivity index (χ0) is 7.56. The average molecular weight is 181 g/mol. The fourth-order valence-corrected chi connectivity index (χ4v) is 0.956. The van der Waals surface area contributed by atoms with Gasteiger partial charge in [-0.15, -0.1) is 12.4 Å². The van der Waals surface area contributed by atoms with E-state index in [0.717, 1.165) is 0 Å². The molecule has 11 heavy (non-hydrogen) atoms. The Morgan fingerprint density at radius 1 is 1.82 bits per heavy atom. The van der Waals surface area contributed by atoms with Gasteiger partial charge < -0.3 is 15.4 Å². The lowest BCUT2D eigenvalue weighted by Gasteiger charge is -2.06. The van der Waals surface area contributed by atoms with Crippen LogP contribution in [0.5, 0.6) is 0 Å². The first-order valence-electron chi connectivity index (χ1n) is 3.43. The predicted octanol–water partition coefficient (Wildman–Crippen LogP) is 0.208. The summed E-state index contributed by atoms with van der Waals surface area (Å²) in [6.45, 7) is 3.68. The second-order valence-electron chi connectivity index (χ2n) is 2.28.